The normalized spacial score (nSPS) is 11.3. The standard InChI is InChI=1S/C19H21F3N2O2/c1-12-8-14(9-13(2)17(12)26-11-19(20,21)22)10-24(3)18(25)15-4-6-16(23)7-5-15/h4-9H,10-11,23H2,1-3H3. The van der Waals surface area contributed by atoms with E-state index in [0.717, 1.165) is 5.56 Å². The van der Waals surface area contributed by atoms with Crippen LogP contribution in [0.5, 0.6) is 5.75 Å². The van der Waals surface area contributed by atoms with Crippen LogP contribution in [-0.2, 0) is 6.54 Å². The predicted molar refractivity (Wildman–Crippen MR) is 94.1 cm³/mol. The van der Waals surface area contributed by atoms with E-state index in [4.69, 9.17) is 10.5 Å². The second-order valence-corrected chi connectivity index (χ2v) is 6.25. The number of benzene rings is 2. The molecular weight excluding hydrogens is 345 g/mol. The highest BCUT2D eigenvalue weighted by Crippen LogP contribution is 2.27. The molecule has 0 atom stereocenters. The van der Waals surface area contributed by atoms with Gasteiger partial charge in [0.15, 0.2) is 6.61 Å². The lowest BCUT2D eigenvalue weighted by Gasteiger charge is -2.20. The van der Waals surface area contributed by atoms with Gasteiger partial charge in [-0.05, 0) is 54.8 Å². The van der Waals surface area contributed by atoms with E-state index in [-0.39, 0.29) is 11.7 Å². The highest BCUT2D eigenvalue weighted by atomic mass is 19.4. The molecular formula is C19H21F3N2O2. The number of hydrogen-bond donors (Lipinski definition) is 1. The highest BCUT2D eigenvalue weighted by molar-refractivity contribution is 5.94. The van der Waals surface area contributed by atoms with E-state index >= 15 is 0 Å². The number of nitrogens with zero attached hydrogens (tertiary/aromatic N) is 1. The van der Waals surface area contributed by atoms with Crippen LogP contribution in [0.3, 0.4) is 0 Å². The molecule has 26 heavy (non-hydrogen) atoms. The molecule has 0 aliphatic heterocycles. The Hall–Kier alpha value is -2.70. The van der Waals surface area contributed by atoms with Gasteiger partial charge in [0.1, 0.15) is 5.75 Å². The van der Waals surface area contributed by atoms with E-state index in [0.29, 0.717) is 28.9 Å². The van der Waals surface area contributed by atoms with E-state index in [9.17, 15) is 18.0 Å². The van der Waals surface area contributed by atoms with Crippen LogP contribution in [0, 0.1) is 13.8 Å². The molecule has 0 saturated heterocycles. The Morgan fingerprint density at radius 1 is 1.12 bits per heavy atom. The first-order valence-electron chi connectivity index (χ1n) is 7.97. The van der Waals surface area contributed by atoms with Gasteiger partial charge >= 0.3 is 6.18 Å². The molecule has 0 saturated carbocycles. The molecule has 0 heterocycles. The minimum Gasteiger partial charge on any atom is -0.484 e. The van der Waals surface area contributed by atoms with E-state index in [2.05, 4.69) is 0 Å². The average Bonchev–Trinajstić information content (AvgIpc) is 2.53. The molecule has 1 amide bonds. The summed E-state index contributed by atoms with van der Waals surface area (Å²) in [6.07, 6.45) is -4.39. The molecule has 7 heteroatoms. The minimum absolute atomic E-state index is 0.169. The molecule has 0 bridgehead atoms. The van der Waals surface area contributed by atoms with Crippen LogP contribution in [0.4, 0.5) is 18.9 Å². The number of nitrogen functional groups attached to an aromatic ring is 1. The maximum absolute atomic E-state index is 12.4. The summed E-state index contributed by atoms with van der Waals surface area (Å²) in [5.41, 5.74) is 8.71. The summed E-state index contributed by atoms with van der Waals surface area (Å²) in [6, 6.07) is 10.1. The number of amides is 1. The largest absolute Gasteiger partial charge is 0.484 e. The summed E-state index contributed by atoms with van der Waals surface area (Å²) in [5.74, 6) is 0.0521. The summed E-state index contributed by atoms with van der Waals surface area (Å²) < 4.78 is 42.0. The zero-order valence-electron chi connectivity index (χ0n) is 14.9. The third kappa shape index (κ3) is 5.15. The Balaban J connectivity index is 2.11. The van der Waals surface area contributed by atoms with Gasteiger partial charge in [-0.2, -0.15) is 13.2 Å². The fourth-order valence-electron chi connectivity index (χ4n) is 2.70. The maximum Gasteiger partial charge on any atom is 0.422 e. The third-order valence-corrected chi connectivity index (χ3v) is 3.82. The van der Waals surface area contributed by atoms with Gasteiger partial charge in [-0.25, -0.2) is 0 Å². The van der Waals surface area contributed by atoms with Crippen LogP contribution >= 0.6 is 0 Å². The second-order valence-electron chi connectivity index (χ2n) is 6.25. The van der Waals surface area contributed by atoms with Crippen molar-refractivity contribution in [3.8, 4) is 5.75 Å². The number of rotatable bonds is 5. The van der Waals surface area contributed by atoms with Gasteiger partial charge in [0.05, 0.1) is 0 Å². The molecule has 140 valence electrons. The summed E-state index contributed by atoms with van der Waals surface area (Å²) in [4.78, 5) is 14.0. The topological polar surface area (TPSA) is 55.6 Å². The van der Waals surface area contributed by atoms with Crippen molar-refractivity contribution in [2.24, 2.45) is 0 Å². The Morgan fingerprint density at radius 2 is 1.65 bits per heavy atom. The van der Waals surface area contributed by atoms with Gasteiger partial charge in [-0.3, -0.25) is 4.79 Å². The summed E-state index contributed by atoms with van der Waals surface area (Å²) in [6.45, 7) is 2.36. The van der Waals surface area contributed by atoms with Crippen molar-refractivity contribution >= 4 is 11.6 Å². The van der Waals surface area contributed by atoms with Crippen LogP contribution in [0.25, 0.3) is 0 Å². The lowest BCUT2D eigenvalue weighted by molar-refractivity contribution is -0.153. The Bertz CT molecular complexity index is 763. The van der Waals surface area contributed by atoms with E-state index < -0.39 is 12.8 Å². The molecule has 2 N–H and O–H groups in total. The van der Waals surface area contributed by atoms with Gasteiger partial charge in [0.2, 0.25) is 0 Å². The van der Waals surface area contributed by atoms with Crippen molar-refractivity contribution in [3.63, 3.8) is 0 Å². The van der Waals surface area contributed by atoms with Crippen LogP contribution in [0.2, 0.25) is 0 Å². The first-order valence-corrected chi connectivity index (χ1v) is 7.97. The van der Waals surface area contributed by atoms with Gasteiger partial charge in [-0.15, -0.1) is 0 Å². The second kappa shape index (κ2) is 7.68. The molecule has 4 nitrogen and oxygen atoms in total. The Kier molecular flexibility index (Phi) is 5.79. The number of hydrogen-bond acceptors (Lipinski definition) is 3. The maximum atomic E-state index is 12.4. The van der Waals surface area contributed by atoms with Crippen molar-refractivity contribution in [1.82, 2.24) is 4.90 Å². The number of alkyl halides is 3. The number of nitrogens with two attached hydrogens (primary N) is 1. The van der Waals surface area contributed by atoms with Crippen LogP contribution < -0.4 is 10.5 Å². The van der Waals surface area contributed by atoms with E-state index in [1.807, 2.05) is 0 Å². The van der Waals surface area contributed by atoms with Crippen molar-refractivity contribution in [2.45, 2.75) is 26.6 Å². The first-order chi connectivity index (χ1) is 12.1. The molecule has 0 aliphatic rings. The average molecular weight is 366 g/mol. The van der Waals surface area contributed by atoms with Gasteiger partial charge < -0.3 is 15.4 Å². The third-order valence-electron chi connectivity index (χ3n) is 3.82. The predicted octanol–water partition coefficient (Wildman–Crippen LogP) is 4.10. The Morgan fingerprint density at radius 3 is 2.15 bits per heavy atom. The van der Waals surface area contributed by atoms with Crippen molar-refractivity contribution < 1.29 is 22.7 Å². The monoisotopic (exact) mass is 366 g/mol. The fourth-order valence-corrected chi connectivity index (χ4v) is 2.70. The lowest BCUT2D eigenvalue weighted by Crippen LogP contribution is -2.26. The molecule has 2 rings (SSSR count). The smallest absolute Gasteiger partial charge is 0.422 e. The number of ether oxygens (including phenoxy) is 1. The molecule has 0 fully saturated rings. The van der Waals surface area contributed by atoms with Crippen molar-refractivity contribution in [3.05, 3.63) is 58.7 Å². The van der Waals surface area contributed by atoms with Crippen molar-refractivity contribution in [2.75, 3.05) is 19.4 Å². The number of carbonyl (C=O) groups is 1. The molecule has 0 radical (unpaired) electrons. The fraction of sp³-hybridized carbons (Fsp3) is 0.316. The van der Waals surface area contributed by atoms with Crippen LogP contribution in [-0.4, -0.2) is 30.6 Å². The molecule has 0 unspecified atom stereocenters. The van der Waals surface area contributed by atoms with Crippen LogP contribution in [0.15, 0.2) is 36.4 Å². The van der Waals surface area contributed by atoms with E-state index in [1.165, 1.54) is 4.90 Å². The molecule has 0 aromatic heterocycles. The quantitative estimate of drug-likeness (QED) is 0.811. The SMILES string of the molecule is Cc1cc(CN(C)C(=O)c2ccc(N)cc2)cc(C)c1OCC(F)(F)F. The highest BCUT2D eigenvalue weighted by Gasteiger charge is 2.29. The summed E-state index contributed by atoms with van der Waals surface area (Å²) in [5, 5.41) is 0. The number of halogens is 3. The molecule has 2 aromatic carbocycles. The number of anilines is 1. The zero-order chi connectivity index (χ0) is 19.5. The van der Waals surface area contributed by atoms with Gasteiger partial charge in [0, 0.05) is 24.8 Å². The zero-order valence-corrected chi connectivity index (χ0v) is 14.9. The molecule has 0 spiro atoms. The van der Waals surface area contributed by atoms with Gasteiger partial charge in [-0.1, -0.05) is 12.1 Å². The first kappa shape index (κ1) is 19.6. The molecule has 2 aromatic rings. The summed E-state index contributed by atoms with van der Waals surface area (Å²) >= 11 is 0. The van der Waals surface area contributed by atoms with Crippen molar-refractivity contribution in [1.29, 1.82) is 0 Å². The van der Waals surface area contributed by atoms with E-state index in [1.54, 1.807) is 57.3 Å². The number of carbonyl (C=O) groups excluding carboxylic acids is 1. The van der Waals surface area contributed by atoms with Gasteiger partial charge in [0.25, 0.3) is 5.91 Å². The minimum atomic E-state index is -4.39. The van der Waals surface area contributed by atoms with Crippen LogP contribution in [0.1, 0.15) is 27.0 Å². The Labute approximate surface area is 150 Å². The molecule has 0 aliphatic carbocycles. The summed E-state index contributed by atoms with van der Waals surface area (Å²) in [7, 11) is 1.66. The number of aryl methyl sites for hydroxylation is 2. The lowest BCUT2D eigenvalue weighted by atomic mass is 10.0.